The van der Waals surface area contributed by atoms with Gasteiger partial charge in [0.2, 0.25) is 0 Å². The molecule has 30 heavy (non-hydrogen) atoms. The van der Waals surface area contributed by atoms with E-state index >= 15 is 0 Å². The quantitative estimate of drug-likeness (QED) is 0.652. The monoisotopic (exact) mass is 408 g/mol. The second kappa shape index (κ2) is 8.59. The van der Waals surface area contributed by atoms with Crippen molar-refractivity contribution in [2.75, 3.05) is 36.5 Å². The topological polar surface area (TPSA) is 81.0 Å². The minimum absolute atomic E-state index is 0.264. The summed E-state index contributed by atoms with van der Waals surface area (Å²) in [6.07, 6.45) is -0.724. The third-order valence-corrected chi connectivity index (χ3v) is 5.12. The molecule has 156 valence electrons. The molecule has 4 rings (SSSR count). The Balaban J connectivity index is 1.40. The highest BCUT2D eigenvalue weighted by Crippen LogP contribution is 2.23. The van der Waals surface area contributed by atoms with E-state index in [0.29, 0.717) is 17.0 Å². The van der Waals surface area contributed by atoms with Crippen LogP contribution < -0.4 is 20.6 Å². The molecular weight excluding hydrogens is 384 g/mol. The van der Waals surface area contributed by atoms with Crippen molar-refractivity contribution >= 4 is 28.3 Å². The number of carbonyl (C=O) groups excluding carboxylic acids is 1. The normalized spacial score (nSPS) is 15.1. The number of benzene rings is 2. The molecule has 0 aliphatic carbocycles. The summed E-state index contributed by atoms with van der Waals surface area (Å²) in [4.78, 5) is 26.4. The molecule has 1 atom stereocenters. The molecule has 1 saturated heterocycles. The first kappa shape index (κ1) is 20.0. The van der Waals surface area contributed by atoms with E-state index in [0.717, 1.165) is 42.9 Å². The molecule has 0 radical (unpaired) electrons. The van der Waals surface area contributed by atoms with Crippen LogP contribution in [-0.2, 0) is 9.53 Å². The Hall–Kier alpha value is -3.32. The number of hydrogen-bond donors (Lipinski definition) is 1. The smallest absolute Gasteiger partial charge is 0.336 e. The van der Waals surface area contributed by atoms with Crippen LogP contribution in [0.3, 0.4) is 0 Å². The lowest BCUT2D eigenvalue weighted by molar-refractivity contribution is -0.122. The number of ether oxygens (including phenoxy) is 2. The van der Waals surface area contributed by atoms with E-state index in [1.807, 2.05) is 37.3 Å². The first-order valence-electron chi connectivity index (χ1n) is 9.94. The van der Waals surface area contributed by atoms with Crippen LogP contribution in [0.15, 0.2) is 57.7 Å². The largest absolute Gasteiger partial charge is 0.481 e. The lowest BCUT2D eigenvalue weighted by atomic mass is 10.1. The fourth-order valence-corrected chi connectivity index (χ4v) is 3.46. The van der Waals surface area contributed by atoms with Crippen molar-refractivity contribution in [1.29, 1.82) is 0 Å². The van der Waals surface area contributed by atoms with Crippen LogP contribution in [0.5, 0.6) is 5.75 Å². The number of aryl methyl sites for hydroxylation is 1. The average Bonchev–Trinajstić information content (AvgIpc) is 2.74. The Labute approximate surface area is 174 Å². The van der Waals surface area contributed by atoms with E-state index in [4.69, 9.17) is 13.9 Å². The van der Waals surface area contributed by atoms with Crippen molar-refractivity contribution in [1.82, 2.24) is 0 Å². The predicted molar refractivity (Wildman–Crippen MR) is 115 cm³/mol. The molecule has 1 aliphatic rings. The fourth-order valence-electron chi connectivity index (χ4n) is 3.46. The van der Waals surface area contributed by atoms with Gasteiger partial charge in [0.05, 0.1) is 13.2 Å². The van der Waals surface area contributed by atoms with Crippen molar-refractivity contribution in [3.8, 4) is 5.75 Å². The molecular formula is C23H24N2O5. The van der Waals surface area contributed by atoms with Gasteiger partial charge in [0.25, 0.3) is 5.91 Å². The zero-order valence-electron chi connectivity index (χ0n) is 17.0. The molecule has 0 bridgehead atoms. The number of amides is 1. The summed E-state index contributed by atoms with van der Waals surface area (Å²) < 4.78 is 16.4. The standard InChI is InChI=1S/C23H24N2O5/c1-15-13-22(26)30-21-14-19(7-8-20(15)21)29-16(2)23(27)24-17-3-5-18(6-4-17)25-9-11-28-12-10-25/h3-8,13-14,16H,9-12H2,1-2H3,(H,24,27). The predicted octanol–water partition coefficient (Wildman–Crippen LogP) is 3.34. The molecule has 1 N–H and O–H groups in total. The van der Waals surface area contributed by atoms with Gasteiger partial charge in [0.15, 0.2) is 6.10 Å². The van der Waals surface area contributed by atoms with Crippen molar-refractivity contribution in [3.05, 3.63) is 64.5 Å². The SMILES string of the molecule is Cc1cc(=O)oc2cc(OC(C)C(=O)Nc3ccc(N4CCOCC4)cc3)ccc12. The summed E-state index contributed by atoms with van der Waals surface area (Å²) in [6.45, 7) is 6.70. The van der Waals surface area contributed by atoms with Gasteiger partial charge in [-0.05, 0) is 55.8 Å². The van der Waals surface area contributed by atoms with Gasteiger partial charge in [-0.3, -0.25) is 4.79 Å². The molecule has 2 aromatic carbocycles. The Bertz CT molecular complexity index is 1100. The first-order chi connectivity index (χ1) is 14.5. The number of anilines is 2. The molecule has 3 aromatic rings. The molecule has 7 heteroatoms. The third kappa shape index (κ3) is 4.46. The highest BCUT2D eigenvalue weighted by atomic mass is 16.5. The highest BCUT2D eigenvalue weighted by molar-refractivity contribution is 5.94. The van der Waals surface area contributed by atoms with Gasteiger partial charge in [0.1, 0.15) is 11.3 Å². The molecule has 7 nitrogen and oxygen atoms in total. The zero-order valence-corrected chi connectivity index (χ0v) is 17.0. The molecule has 1 aromatic heterocycles. The van der Waals surface area contributed by atoms with Gasteiger partial charge in [-0.1, -0.05) is 0 Å². The van der Waals surface area contributed by atoms with E-state index in [9.17, 15) is 9.59 Å². The fraction of sp³-hybridized carbons (Fsp3) is 0.304. The van der Waals surface area contributed by atoms with Crippen molar-refractivity contribution < 1.29 is 18.7 Å². The Morgan fingerprint density at radius 1 is 1.10 bits per heavy atom. The van der Waals surface area contributed by atoms with Crippen LogP contribution in [0.1, 0.15) is 12.5 Å². The Kier molecular flexibility index (Phi) is 5.72. The van der Waals surface area contributed by atoms with E-state index in [-0.39, 0.29) is 5.91 Å². The maximum absolute atomic E-state index is 12.5. The Morgan fingerprint density at radius 3 is 2.57 bits per heavy atom. The van der Waals surface area contributed by atoms with E-state index < -0.39 is 11.7 Å². The molecule has 1 amide bonds. The van der Waals surface area contributed by atoms with Crippen molar-refractivity contribution in [2.45, 2.75) is 20.0 Å². The van der Waals surface area contributed by atoms with Gasteiger partial charge in [-0.2, -0.15) is 0 Å². The van der Waals surface area contributed by atoms with Crippen LogP contribution in [0.25, 0.3) is 11.0 Å². The van der Waals surface area contributed by atoms with Gasteiger partial charge in [-0.25, -0.2) is 4.79 Å². The first-order valence-corrected chi connectivity index (χ1v) is 9.94. The van der Waals surface area contributed by atoms with Crippen LogP contribution >= 0.6 is 0 Å². The summed E-state index contributed by atoms with van der Waals surface area (Å²) in [5.74, 6) is 0.196. The van der Waals surface area contributed by atoms with Gasteiger partial charge >= 0.3 is 5.63 Å². The summed E-state index contributed by atoms with van der Waals surface area (Å²) in [7, 11) is 0. The van der Waals surface area contributed by atoms with E-state index in [1.54, 1.807) is 19.1 Å². The van der Waals surface area contributed by atoms with Gasteiger partial charge in [-0.15, -0.1) is 0 Å². The van der Waals surface area contributed by atoms with E-state index in [2.05, 4.69) is 10.2 Å². The number of nitrogens with one attached hydrogen (secondary N) is 1. The molecule has 2 heterocycles. The lowest BCUT2D eigenvalue weighted by Gasteiger charge is -2.29. The lowest BCUT2D eigenvalue weighted by Crippen LogP contribution is -2.36. The van der Waals surface area contributed by atoms with Crippen LogP contribution in [-0.4, -0.2) is 38.3 Å². The number of hydrogen-bond acceptors (Lipinski definition) is 6. The summed E-state index contributed by atoms with van der Waals surface area (Å²) in [5.41, 5.74) is 2.66. The number of rotatable bonds is 5. The minimum Gasteiger partial charge on any atom is -0.481 e. The highest BCUT2D eigenvalue weighted by Gasteiger charge is 2.16. The summed E-state index contributed by atoms with van der Waals surface area (Å²) in [5, 5.41) is 3.70. The Morgan fingerprint density at radius 2 is 1.83 bits per heavy atom. The second-order valence-electron chi connectivity index (χ2n) is 7.30. The van der Waals surface area contributed by atoms with E-state index in [1.165, 1.54) is 6.07 Å². The number of fused-ring (bicyclic) bond motifs is 1. The molecule has 0 saturated carbocycles. The number of morpholine rings is 1. The molecule has 0 spiro atoms. The molecule has 1 unspecified atom stereocenters. The summed E-state index contributed by atoms with van der Waals surface area (Å²) >= 11 is 0. The van der Waals surface area contributed by atoms with Crippen LogP contribution in [0.2, 0.25) is 0 Å². The van der Waals surface area contributed by atoms with Crippen molar-refractivity contribution in [3.63, 3.8) is 0 Å². The van der Waals surface area contributed by atoms with Crippen LogP contribution in [0, 0.1) is 6.92 Å². The van der Waals surface area contributed by atoms with Gasteiger partial charge in [0, 0.05) is 42.0 Å². The third-order valence-electron chi connectivity index (χ3n) is 5.12. The average molecular weight is 408 g/mol. The maximum atomic E-state index is 12.5. The minimum atomic E-state index is -0.724. The number of nitrogens with zero attached hydrogens (tertiary/aromatic N) is 1. The second-order valence-corrected chi connectivity index (χ2v) is 7.30. The van der Waals surface area contributed by atoms with Gasteiger partial charge < -0.3 is 24.1 Å². The van der Waals surface area contributed by atoms with Crippen molar-refractivity contribution in [2.24, 2.45) is 0 Å². The number of carbonyl (C=O) groups is 1. The van der Waals surface area contributed by atoms with Crippen LogP contribution in [0.4, 0.5) is 11.4 Å². The zero-order chi connectivity index (χ0) is 21.1. The maximum Gasteiger partial charge on any atom is 0.336 e. The molecule has 1 fully saturated rings. The summed E-state index contributed by atoms with van der Waals surface area (Å²) in [6, 6.07) is 14.4. The molecule has 1 aliphatic heterocycles.